The van der Waals surface area contributed by atoms with Crippen molar-refractivity contribution in [1.82, 2.24) is 0 Å². The maximum Gasteiger partial charge on any atom is 2.00 e. The summed E-state index contributed by atoms with van der Waals surface area (Å²) < 4.78 is 0. The van der Waals surface area contributed by atoms with Crippen LogP contribution in [0.1, 0.15) is 0 Å². The summed E-state index contributed by atoms with van der Waals surface area (Å²) in [5.41, 5.74) is 0. The fourth-order valence-electron chi connectivity index (χ4n) is 0. The minimum atomic E-state index is 0. The van der Waals surface area contributed by atoms with Crippen molar-refractivity contribution in [1.29, 1.82) is 0 Å². The van der Waals surface area contributed by atoms with Crippen LogP contribution in [0.15, 0.2) is 0 Å². The maximum atomic E-state index is 0. The Bertz CT molecular complexity index is 7.61. The van der Waals surface area contributed by atoms with Crippen molar-refractivity contribution in [2.24, 2.45) is 0 Å². The van der Waals surface area contributed by atoms with E-state index in [1.165, 1.54) is 0 Å². The second kappa shape index (κ2) is 245. The Morgan fingerprint density at radius 1 is 0.600 bits per heavy atom. The van der Waals surface area contributed by atoms with E-state index >= 15 is 0 Å². The standard InChI is InChI=1S/2FH.2H2O.W/h2*1H;2*1H2;/q;;;;+2/p-2. The molecule has 0 amide bonds. The molecule has 5 heteroatoms. The molecule has 2 nitrogen and oxygen atoms in total. The molecule has 0 saturated carbocycles. The van der Waals surface area contributed by atoms with E-state index in [1.54, 1.807) is 0 Å². The van der Waals surface area contributed by atoms with Gasteiger partial charge in [0.1, 0.15) is 0 Å². The SMILES string of the molecule is O.O.[F-].[F-].[W+2]. The van der Waals surface area contributed by atoms with Crippen molar-refractivity contribution in [2.45, 2.75) is 0 Å². The van der Waals surface area contributed by atoms with Gasteiger partial charge in [-0.15, -0.1) is 0 Å². The quantitative estimate of drug-likeness (QED) is 0.414. The van der Waals surface area contributed by atoms with Gasteiger partial charge < -0.3 is 20.4 Å². The van der Waals surface area contributed by atoms with Gasteiger partial charge in [-0.05, 0) is 0 Å². The molecule has 0 aliphatic heterocycles. The molecular weight excluding hydrogens is 254 g/mol. The Labute approximate surface area is 42.2 Å². The molecule has 0 spiro atoms. The summed E-state index contributed by atoms with van der Waals surface area (Å²) in [4.78, 5) is 0. The first-order valence-corrected chi connectivity index (χ1v) is 0. The molecule has 0 rings (SSSR count). The largest absolute Gasteiger partial charge is 2.00 e. The molecule has 0 fully saturated rings. The molecule has 0 atom stereocenters. The first kappa shape index (κ1) is 498. The van der Waals surface area contributed by atoms with E-state index in [1.807, 2.05) is 0 Å². The first-order valence-electron chi connectivity index (χ1n) is 0. The van der Waals surface area contributed by atoms with E-state index in [-0.39, 0.29) is 41.4 Å². The van der Waals surface area contributed by atoms with Gasteiger partial charge in [-0.1, -0.05) is 0 Å². The van der Waals surface area contributed by atoms with Crippen molar-refractivity contribution >= 4 is 0 Å². The molecule has 0 aromatic carbocycles. The number of hydrogen-bond acceptors (Lipinski definition) is 0. The molecule has 0 bridgehead atoms. The summed E-state index contributed by atoms with van der Waals surface area (Å²) in [6.07, 6.45) is 0. The molecule has 0 aliphatic rings. The van der Waals surface area contributed by atoms with Crippen LogP contribution in [0.4, 0.5) is 0 Å². The van der Waals surface area contributed by atoms with E-state index in [9.17, 15) is 0 Å². The molecule has 0 radical (unpaired) electrons. The van der Waals surface area contributed by atoms with Gasteiger partial charge in [-0.25, -0.2) is 0 Å². The van der Waals surface area contributed by atoms with Gasteiger partial charge in [-0.2, -0.15) is 0 Å². The summed E-state index contributed by atoms with van der Waals surface area (Å²) in [6, 6.07) is 0. The van der Waals surface area contributed by atoms with Gasteiger partial charge in [0.05, 0.1) is 0 Å². The summed E-state index contributed by atoms with van der Waals surface area (Å²) >= 11 is 0. The molecule has 0 aliphatic carbocycles. The van der Waals surface area contributed by atoms with Crippen molar-refractivity contribution in [3.8, 4) is 0 Å². The fourth-order valence-corrected chi connectivity index (χ4v) is 0. The number of halogens is 2. The van der Waals surface area contributed by atoms with Crippen LogP contribution in [-0.4, -0.2) is 11.0 Å². The predicted octanol–water partition coefficient (Wildman–Crippen LogP) is -7.64. The summed E-state index contributed by atoms with van der Waals surface area (Å²) in [7, 11) is 0. The van der Waals surface area contributed by atoms with E-state index in [2.05, 4.69) is 0 Å². The Morgan fingerprint density at radius 3 is 0.600 bits per heavy atom. The average molecular weight is 258 g/mol. The van der Waals surface area contributed by atoms with E-state index in [0.717, 1.165) is 0 Å². The van der Waals surface area contributed by atoms with E-state index in [0.29, 0.717) is 0 Å². The normalized spacial score (nSPS) is 0. The molecule has 0 heterocycles. The zero-order valence-corrected chi connectivity index (χ0v) is 5.10. The van der Waals surface area contributed by atoms with Crippen molar-refractivity contribution in [3.63, 3.8) is 0 Å². The number of rotatable bonds is 0. The molecule has 0 aromatic heterocycles. The zero-order chi connectivity index (χ0) is 0. The Hall–Kier alpha value is 0.468. The third-order valence-corrected chi connectivity index (χ3v) is 0. The van der Waals surface area contributed by atoms with Gasteiger partial charge in [0.15, 0.2) is 0 Å². The van der Waals surface area contributed by atoms with Crippen molar-refractivity contribution < 1.29 is 41.4 Å². The molecular formula is H4F2O2W. The van der Waals surface area contributed by atoms with Gasteiger partial charge in [0, 0.05) is 0 Å². The molecule has 0 unspecified atom stereocenters. The first-order chi connectivity index (χ1) is 0. The predicted molar refractivity (Wildman–Crippen MR) is 7.23 cm³/mol. The molecule has 0 aromatic rings. The van der Waals surface area contributed by atoms with Crippen LogP contribution in [0.5, 0.6) is 0 Å². The summed E-state index contributed by atoms with van der Waals surface area (Å²) in [5, 5.41) is 0. The Balaban J connectivity index is 0. The summed E-state index contributed by atoms with van der Waals surface area (Å²) in [5.74, 6) is 0. The molecule has 0 saturated heterocycles. The van der Waals surface area contributed by atoms with Crippen LogP contribution >= 0.6 is 0 Å². The van der Waals surface area contributed by atoms with Gasteiger partial charge in [0.2, 0.25) is 0 Å². The molecule has 4 N–H and O–H groups in total. The van der Waals surface area contributed by atoms with Gasteiger partial charge in [-0.3, -0.25) is 0 Å². The van der Waals surface area contributed by atoms with Crippen LogP contribution < -0.4 is 9.41 Å². The second-order valence-electron chi connectivity index (χ2n) is 0. The smallest absolute Gasteiger partial charge is 1.00 e. The average Bonchev–Trinajstić information content (AvgIpc) is 0. The molecule has 36 valence electrons. The maximum absolute atomic E-state index is 0. The van der Waals surface area contributed by atoms with Crippen LogP contribution in [-0.2, 0) is 21.1 Å². The zero-order valence-electron chi connectivity index (χ0n) is 2.16. The second-order valence-corrected chi connectivity index (χ2v) is 0. The Morgan fingerprint density at radius 2 is 0.600 bits per heavy atom. The van der Waals surface area contributed by atoms with Crippen molar-refractivity contribution in [3.05, 3.63) is 0 Å². The van der Waals surface area contributed by atoms with Crippen LogP contribution in [0, 0.1) is 0 Å². The fraction of sp³-hybridized carbons (Fsp3) is 0. The van der Waals surface area contributed by atoms with E-state index < -0.39 is 0 Å². The minimum absolute atomic E-state index is 0. The summed E-state index contributed by atoms with van der Waals surface area (Å²) in [6.45, 7) is 0. The van der Waals surface area contributed by atoms with E-state index in [4.69, 9.17) is 0 Å². The van der Waals surface area contributed by atoms with Gasteiger partial charge >= 0.3 is 21.1 Å². The monoisotopic (exact) mass is 258 g/mol. The van der Waals surface area contributed by atoms with Gasteiger partial charge in [0.25, 0.3) is 0 Å². The third kappa shape index (κ3) is 124. The van der Waals surface area contributed by atoms with Crippen molar-refractivity contribution in [2.75, 3.05) is 0 Å². The topological polar surface area (TPSA) is 63.0 Å². The Kier molecular flexibility index (Phi) is 24400. The minimum Gasteiger partial charge on any atom is -1.00 e. The van der Waals surface area contributed by atoms with Crippen LogP contribution in [0.3, 0.4) is 0 Å². The molecule has 5 heavy (non-hydrogen) atoms. The van der Waals surface area contributed by atoms with Crippen LogP contribution in [0.2, 0.25) is 0 Å². The van der Waals surface area contributed by atoms with Crippen LogP contribution in [0.25, 0.3) is 0 Å². The third-order valence-electron chi connectivity index (χ3n) is 0. The number of hydrogen-bond donors (Lipinski definition) is 0.